The van der Waals surface area contributed by atoms with Crippen molar-refractivity contribution >= 4 is 21.9 Å². The van der Waals surface area contributed by atoms with Crippen LogP contribution in [0.25, 0.3) is 0 Å². The summed E-state index contributed by atoms with van der Waals surface area (Å²) in [6.07, 6.45) is 1.65. The number of hydrogen-bond donors (Lipinski definition) is 0. The van der Waals surface area contributed by atoms with E-state index in [0.29, 0.717) is 18.3 Å². The minimum Gasteiger partial charge on any atom is -0.297 e. The number of aromatic nitrogens is 2. The molecule has 20 heavy (non-hydrogen) atoms. The fourth-order valence-corrected chi connectivity index (χ4v) is 3.22. The molecule has 2 rings (SSSR count). The van der Waals surface area contributed by atoms with Crippen molar-refractivity contribution in [1.82, 2.24) is 9.78 Å². The van der Waals surface area contributed by atoms with Gasteiger partial charge in [-0.15, -0.1) is 3.89 Å². The van der Waals surface area contributed by atoms with Crippen molar-refractivity contribution in [3.05, 3.63) is 12.3 Å². The predicted molar refractivity (Wildman–Crippen MR) is 72.4 cm³/mol. The molecule has 0 saturated carbocycles. The van der Waals surface area contributed by atoms with Gasteiger partial charge in [0.15, 0.2) is 0 Å². The maximum Gasteiger partial charge on any atom is 0.302 e. The van der Waals surface area contributed by atoms with Gasteiger partial charge in [0.2, 0.25) is 5.91 Å². The Labute approximate surface area is 117 Å². The fourth-order valence-electron chi connectivity index (χ4n) is 2.44. The summed E-state index contributed by atoms with van der Waals surface area (Å²) in [5.74, 6) is -0.284. The van der Waals surface area contributed by atoms with Crippen LogP contribution in [-0.2, 0) is 21.6 Å². The van der Waals surface area contributed by atoms with Crippen LogP contribution in [0, 0.1) is 11.8 Å². The van der Waals surface area contributed by atoms with E-state index in [0.717, 1.165) is 0 Å². The van der Waals surface area contributed by atoms with E-state index in [9.17, 15) is 17.1 Å². The van der Waals surface area contributed by atoms with Crippen molar-refractivity contribution in [2.75, 3.05) is 17.2 Å². The summed E-state index contributed by atoms with van der Waals surface area (Å²) in [5.41, 5.74) is 0. The van der Waals surface area contributed by atoms with Crippen LogP contribution in [0.1, 0.15) is 20.3 Å². The average molecular weight is 303 g/mol. The lowest BCUT2D eigenvalue weighted by atomic mass is 10.1. The molecule has 1 amide bonds. The molecular weight excluding hydrogens is 285 g/mol. The van der Waals surface area contributed by atoms with Gasteiger partial charge < -0.3 is 0 Å². The molecule has 0 aromatic carbocycles. The smallest absolute Gasteiger partial charge is 0.297 e. The van der Waals surface area contributed by atoms with Crippen molar-refractivity contribution < 1.29 is 17.1 Å². The van der Waals surface area contributed by atoms with E-state index in [4.69, 9.17) is 0 Å². The number of carbonyl (C=O) groups excluding carboxylic acids is 1. The highest BCUT2D eigenvalue weighted by atomic mass is 32.3. The highest BCUT2D eigenvalue weighted by Gasteiger charge is 2.35. The first kappa shape index (κ1) is 15.0. The third-order valence-corrected chi connectivity index (χ3v) is 4.02. The Bertz CT molecular complexity index is 597. The Hall–Kier alpha value is -1.44. The van der Waals surface area contributed by atoms with E-state index in [-0.39, 0.29) is 18.9 Å². The Morgan fingerprint density at radius 1 is 1.50 bits per heavy atom. The molecule has 0 aliphatic carbocycles. The monoisotopic (exact) mass is 303 g/mol. The number of nitrogens with zero attached hydrogens (tertiary/aromatic N) is 3. The molecule has 1 aliphatic heterocycles. The second-order valence-corrected chi connectivity index (χ2v) is 6.96. The van der Waals surface area contributed by atoms with Crippen molar-refractivity contribution in [1.29, 1.82) is 0 Å². The Balaban J connectivity index is 2.14. The molecule has 1 aromatic rings. The van der Waals surface area contributed by atoms with E-state index >= 15 is 0 Å². The number of carbonyl (C=O) groups is 1. The quantitative estimate of drug-likeness (QED) is 0.766. The minimum atomic E-state index is -4.55. The number of amides is 1. The van der Waals surface area contributed by atoms with Crippen LogP contribution >= 0.6 is 0 Å². The van der Waals surface area contributed by atoms with Gasteiger partial charge >= 0.3 is 10.2 Å². The normalized spacial score (nSPS) is 20.1. The highest BCUT2D eigenvalue weighted by Crippen LogP contribution is 2.26. The lowest BCUT2D eigenvalue weighted by Crippen LogP contribution is -2.28. The van der Waals surface area contributed by atoms with Crippen LogP contribution in [0.5, 0.6) is 0 Å². The molecule has 1 saturated heterocycles. The van der Waals surface area contributed by atoms with Crippen molar-refractivity contribution in [2.45, 2.75) is 26.8 Å². The third-order valence-electron chi connectivity index (χ3n) is 3.15. The van der Waals surface area contributed by atoms with Gasteiger partial charge in [0, 0.05) is 31.5 Å². The zero-order chi connectivity index (χ0) is 14.9. The van der Waals surface area contributed by atoms with E-state index in [2.05, 4.69) is 5.10 Å². The SMILES string of the molecule is CC(C)Cn1nccc1N1CC(CS(=O)(=O)F)CC1=O. The molecule has 0 radical (unpaired) electrons. The predicted octanol–water partition coefficient (Wildman–Crippen LogP) is 1.19. The first-order chi connectivity index (χ1) is 9.26. The summed E-state index contributed by atoms with van der Waals surface area (Å²) in [4.78, 5) is 13.5. The molecule has 1 unspecified atom stereocenters. The van der Waals surface area contributed by atoms with Crippen LogP contribution in [0.15, 0.2) is 12.3 Å². The zero-order valence-electron chi connectivity index (χ0n) is 11.5. The molecule has 8 heteroatoms. The van der Waals surface area contributed by atoms with Gasteiger partial charge in [0.05, 0.1) is 11.9 Å². The third kappa shape index (κ3) is 3.56. The molecule has 1 aliphatic rings. The van der Waals surface area contributed by atoms with Gasteiger partial charge in [-0.05, 0) is 5.92 Å². The average Bonchev–Trinajstić information content (AvgIpc) is 2.82. The summed E-state index contributed by atoms with van der Waals surface area (Å²) in [6, 6.07) is 1.71. The topological polar surface area (TPSA) is 72.3 Å². The van der Waals surface area contributed by atoms with E-state index < -0.39 is 21.9 Å². The minimum absolute atomic E-state index is 0.0516. The van der Waals surface area contributed by atoms with Gasteiger partial charge in [-0.2, -0.15) is 13.5 Å². The number of anilines is 1. The van der Waals surface area contributed by atoms with Crippen LogP contribution in [0.2, 0.25) is 0 Å². The summed E-state index contributed by atoms with van der Waals surface area (Å²) < 4.78 is 35.8. The molecule has 6 nitrogen and oxygen atoms in total. The molecule has 112 valence electrons. The summed E-state index contributed by atoms with van der Waals surface area (Å²) in [5, 5.41) is 4.17. The zero-order valence-corrected chi connectivity index (χ0v) is 12.3. The van der Waals surface area contributed by atoms with Gasteiger partial charge in [0.1, 0.15) is 5.82 Å². The molecular formula is C12H18FN3O3S. The highest BCUT2D eigenvalue weighted by molar-refractivity contribution is 7.86. The molecule has 1 fully saturated rings. The molecule has 1 atom stereocenters. The van der Waals surface area contributed by atoms with Crippen LogP contribution in [0.3, 0.4) is 0 Å². The van der Waals surface area contributed by atoms with E-state index in [1.165, 1.54) is 4.90 Å². The molecule has 0 spiro atoms. The van der Waals surface area contributed by atoms with E-state index in [1.807, 2.05) is 13.8 Å². The summed E-state index contributed by atoms with van der Waals surface area (Å²) in [6.45, 7) is 4.95. The van der Waals surface area contributed by atoms with Gasteiger partial charge in [0.25, 0.3) is 0 Å². The summed E-state index contributed by atoms with van der Waals surface area (Å²) >= 11 is 0. The molecule has 0 N–H and O–H groups in total. The van der Waals surface area contributed by atoms with Gasteiger partial charge in [-0.3, -0.25) is 9.69 Å². The van der Waals surface area contributed by atoms with E-state index in [1.54, 1.807) is 16.9 Å². The molecule has 1 aromatic heterocycles. The maximum atomic E-state index is 12.7. The summed E-state index contributed by atoms with van der Waals surface area (Å²) in [7, 11) is -4.55. The standard InChI is InChI=1S/C12H18FN3O3S/c1-9(2)6-16-11(3-4-14-16)15-7-10(5-12(15)17)8-20(13,18)19/h3-4,9-10H,5-8H2,1-2H3. The second kappa shape index (κ2) is 5.51. The van der Waals surface area contributed by atoms with Crippen LogP contribution < -0.4 is 4.90 Å². The largest absolute Gasteiger partial charge is 0.302 e. The van der Waals surface area contributed by atoms with Crippen LogP contribution in [0.4, 0.5) is 9.70 Å². The molecule has 2 heterocycles. The van der Waals surface area contributed by atoms with Crippen molar-refractivity contribution in [3.8, 4) is 0 Å². The van der Waals surface area contributed by atoms with Gasteiger partial charge in [-0.1, -0.05) is 13.8 Å². The Morgan fingerprint density at radius 3 is 2.80 bits per heavy atom. The fraction of sp³-hybridized carbons (Fsp3) is 0.667. The first-order valence-corrected chi connectivity index (χ1v) is 8.06. The Morgan fingerprint density at radius 2 is 2.20 bits per heavy atom. The number of hydrogen-bond acceptors (Lipinski definition) is 4. The second-order valence-electron chi connectivity index (χ2n) is 5.55. The van der Waals surface area contributed by atoms with Crippen LogP contribution in [-0.4, -0.2) is 36.4 Å². The number of rotatable bonds is 5. The maximum absolute atomic E-state index is 12.7. The first-order valence-electron chi connectivity index (χ1n) is 6.51. The molecule has 0 bridgehead atoms. The van der Waals surface area contributed by atoms with Crippen molar-refractivity contribution in [3.63, 3.8) is 0 Å². The lowest BCUT2D eigenvalue weighted by molar-refractivity contribution is -0.117. The lowest BCUT2D eigenvalue weighted by Gasteiger charge is -2.18. The van der Waals surface area contributed by atoms with Crippen molar-refractivity contribution in [2.24, 2.45) is 11.8 Å². The number of halogens is 1. The van der Waals surface area contributed by atoms with Gasteiger partial charge in [-0.25, -0.2) is 4.68 Å². The Kier molecular flexibility index (Phi) is 4.12.